The molecule has 0 amide bonds. The van der Waals surface area contributed by atoms with Gasteiger partial charge in [0, 0.05) is 25.2 Å². The van der Waals surface area contributed by atoms with Crippen LogP contribution < -0.4 is 5.73 Å². The van der Waals surface area contributed by atoms with Crippen LogP contribution in [-0.4, -0.2) is 42.8 Å². The maximum absolute atomic E-state index is 6.24. The third kappa shape index (κ3) is 3.44. The Morgan fingerprint density at radius 2 is 2.12 bits per heavy atom. The lowest BCUT2D eigenvalue weighted by molar-refractivity contribution is -0.0510. The van der Waals surface area contributed by atoms with Crippen molar-refractivity contribution in [2.45, 2.75) is 57.7 Å². The van der Waals surface area contributed by atoms with Gasteiger partial charge in [0.25, 0.3) is 0 Å². The van der Waals surface area contributed by atoms with Gasteiger partial charge < -0.3 is 10.5 Å². The molecule has 0 bridgehead atoms. The van der Waals surface area contributed by atoms with E-state index in [2.05, 4.69) is 18.7 Å². The lowest BCUT2D eigenvalue weighted by atomic mass is 10.0. The summed E-state index contributed by atoms with van der Waals surface area (Å²) in [4.78, 5) is 2.48. The van der Waals surface area contributed by atoms with E-state index in [0.29, 0.717) is 6.04 Å². The van der Waals surface area contributed by atoms with Crippen molar-refractivity contribution >= 4 is 0 Å². The number of nitrogens with two attached hydrogens (primary N) is 1. The molecule has 2 unspecified atom stereocenters. The van der Waals surface area contributed by atoms with Crippen molar-refractivity contribution in [3.63, 3.8) is 0 Å². The monoisotopic (exact) mass is 226 g/mol. The molecule has 2 aliphatic rings. The van der Waals surface area contributed by atoms with Crippen LogP contribution in [0.25, 0.3) is 0 Å². The molecule has 3 heteroatoms. The highest BCUT2D eigenvalue weighted by molar-refractivity contribution is 4.84. The molecule has 16 heavy (non-hydrogen) atoms. The lowest BCUT2D eigenvalue weighted by Crippen LogP contribution is -2.52. The third-order valence-corrected chi connectivity index (χ3v) is 3.94. The molecule has 94 valence electrons. The highest BCUT2D eigenvalue weighted by Crippen LogP contribution is 2.34. The minimum absolute atomic E-state index is 0.238. The molecule has 1 saturated heterocycles. The van der Waals surface area contributed by atoms with Crippen LogP contribution in [0.3, 0.4) is 0 Å². The molecule has 0 aromatic carbocycles. The van der Waals surface area contributed by atoms with E-state index in [1.54, 1.807) is 0 Å². The average molecular weight is 226 g/mol. The summed E-state index contributed by atoms with van der Waals surface area (Å²) in [7, 11) is 0. The van der Waals surface area contributed by atoms with Gasteiger partial charge in [0.05, 0.1) is 12.7 Å². The SMILES string of the molecule is CC(C)N1CCOC(C(N)CCC2CC2)C1. The van der Waals surface area contributed by atoms with Gasteiger partial charge >= 0.3 is 0 Å². The van der Waals surface area contributed by atoms with E-state index < -0.39 is 0 Å². The zero-order valence-electron chi connectivity index (χ0n) is 10.7. The van der Waals surface area contributed by atoms with Crippen molar-refractivity contribution in [3.05, 3.63) is 0 Å². The number of nitrogens with zero attached hydrogens (tertiary/aromatic N) is 1. The van der Waals surface area contributed by atoms with Crippen LogP contribution in [0, 0.1) is 5.92 Å². The van der Waals surface area contributed by atoms with Gasteiger partial charge in [-0.25, -0.2) is 0 Å². The summed E-state index contributed by atoms with van der Waals surface area (Å²) in [6.45, 7) is 7.42. The molecule has 1 aliphatic heterocycles. The van der Waals surface area contributed by atoms with E-state index in [-0.39, 0.29) is 12.1 Å². The topological polar surface area (TPSA) is 38.5 Å². The van der Waals surface area contributed by atoms with E-state index in [0.717, 1.165) is 32.0 Å². The number of hydrogen-bond acceptors (Lipinski definition) is 3. The fraction of sp³-hybridized carbons (Fsp3) is 1.00. The Kier molecular flexibility index (Phi) is 4.22. The number of hydrogen-bond donors (Lipinski definition) is 1. The maximum atomic E-state index is 6.24. The Morgan fingerprint density at radius 3 is 2.75 bits per heavy atom. The van der Waals surface area contributed by atoms with Gasteiger partial charge in [0.1, 0.15) is 0 Å². The van der Waals surface area contributed by atoms with Crippen LogP contribution in [-0.2, 0) is 4.74 Å². The molecule has 0 aromatic rings. The summed E-state index contributed by atoms with van der Waals surface area (Å²) < 4.78 is 5.81. The van der Waals surface area contributed by atoms with Gasteiger partial charge in [-0.3, -0.25) is 4.90 Å². The van der Waals surface area contributed by atoms with Crippen molar-refractivity contribution in [3.8, 4) is 0 Å². The first kappa shape index (κ1) is 12.3. The molecule has 2 N–H and O–H groups in total. The third-order valence-electron chi connectivity index (χ3n) is 3.94. The molecular weight excluding hydrogens is 200 g/mol. The summed E-state index contributed by atoms with van der Waals surface area (Å²) in [6, 6.07) is 0.851. The molecule has 0 spiro atoms. The zero-order valence-corrected chi connectivity index (χ0v) is 10.7. The molecule has 1 heterocycles. The van der Waals surface area contributed by atoms with E-state index in [9.17, 15) is 0 Å². The second-order valence-corrected chi connectivity index (χ2v) is 5.68. The summed E-state index contributed by atoms with van der Waals surface area (Å²) in [5.41, 5.74) is 6.24. The minimum atomic E-state index is 0.238. The lowest BCUT2D eigenvalue weighted by Gasteiger charge is -2.37. The standard InChI is InChI=1S/C13H26N2O/c1-10(2)15-7-8-16-13(9-15)12(14)6-5-11-3-4-11/h10-13H,3-9,14H2,1-2H3. The van der Waals surface area contributed by atoms with Crippen LogP contribution in [0.4, 0.5) is 0 Å². The Bertz CT molecular complexity index is 216. The van der Waals surface area contributed by atoms with E-state index in [4.69, 9.17) is 10.5 Å². The molecule has 2 atom stereocenters. The highest BCUT2D eigenvalue weighted by Gasteiger charge is 2.29. The van der Waals surface area contributed by atoms with Crippen LogP contribution >= 0.6 is 0 Å². The van der Waals surface area contributed by atoms with Crippen molar-refractivity contribution in [2.75, 3.05) is 19.7 Å². The maximum Gasteiger partial charge on any atom is 0.0853 e. The fourth-order valence-electron chi connectivity index (χ4n) is 2.45. The highest BCUT2D eigenvalue weighted by atomic mass is 16.5. The summed E-state index contributed by atoms with van der Waals surface area (Å²) in [5, 5.41) is 0. The van der Waals surface area contributed by atoms with E-state index in [1.165, 1.54) is 19.3 Å². The van der Waals surface area contributed by atoms with Crippen molar-refractivity contribution in [1.29, 1.82) is 0 Å². The fourth-order valence-corrected chi connectivity index (χ4v) is 2.45. The van der Waals surface area contributed by atoms with E-state index in [1.807, 2.05) is 0 Å². The molecule has 2 rings (SSSR count). The smallest absolute Gasteiger partial charge is 0.0853 e. The normalized spacial score (nSPS) is 29.6. The largest absolute Gasteiger partial charge is 0.374 e. The van der Waals surface area contributed by atoms with E-state index >= 15 is 0 Å². The van der Waals surface area contributed by atoms with Crippen LogP contribution in [0.15, 0.2) is 0 Å². The molecule has 3 nitrogen and oxygen atoms in total. The first-order valence-electron chi connectivity index (χ1n) is 6.78. The Hall–Kier alpha value is -0.120. The minimum Gasteiger partial charge on any atom is -0.374 e. The summed E-state index contributed by atoms with van der Waals surface area (Å²) in [6.07, 6.45) is 5.56. The second kappa shape index (κ2) is 5.48. The quantitative estimate of drug-likeness (QED) is 0.774. The van der Waals surface area contributed by atoms with Crippen LogP contribution in [0.2, 0.25) is 0 Å². The Labute approximate surface area is 99.3 Å². The second-order valence-electron chi connectivity index (χ2n) is 5.68. The Balaban J connectivity index is 1.73. The van der Waals surface area contributed by atoms with Gasteiger partial charge in [-0.1, -0.05) is 12.8 Å². The average Bonchev–Trinajstić information content (AvgIpc) is 3.10. The van der Waals surface area contributed by atoms with Gasteiger partial charge in [-0.15, -0.1) is 0 Å². The molecule has 0 radical (unpaired) electrons. The van der Waals surface area contributed by atoms with Gasteiger partial charge in [0.2, 0.25) is 0 Å². The number of rotatable bonds is 5. The predicted octanol–water partition coefficient (Wildman–Crippen LogP) is 1.61. The first-order chi connectivity index (χ1) is 7.66. The van der Waals surface area contributed by atoms with Gasteiger partial charge in [0.15, 0.2) is 0 Å². The summed E-state index contributed by atoms with van der Waals surface area (Å²) >= 11 is 0. The zero-order chi connectivity index (χ0) is 11.5. The molecule has 0 aromatic heterocycles. The van der Waals surface area contributed by atoms with Crippen LogP contribution in [0.5, 0.6) is 0 Å². The van der Waals surface area contributed by atoms with Crippen LogP contribution in [0.1, 0.15) is 39.5 Å². The van der Waals surface area contributed by atoms with Gasteiger partial charge in [-0.05, 0) is 32.6 Å². The molecule has 1 saturated carbocycles. The predicted molar refractivity (Wildman–Crippen MR) is 66.4 cm³/mol. The molecular formula is C13H26N2O. The Morgan fingerprint density at radius 1 is 1.38 bits per heavy atom. The molecule has 2 fully saturated rings. The van der Waals surface area contributed by atoms with Gasteiger partial charge in [-0.2, -0.15) is 0 Å². The van der Waals surface area contributed by atoms with Crippen molar-refractivity contribution in [1.82, 2.24) is 4.90 Å². The number of morpholine rings is 1. The number of ether oxygens (including phenoxy) is 1. The summed E-state index contributed by atoms with van der Waals surface area (Å²) in [5.74, 6) is 0.982. The first-order valence-corrected chi connectivity index (χ1v) is 6.78. The molecule has 1 aliphatic carbocycles. The van der Waals surface area contributed by atoms with Crippen molar-refractivity contribution < 1.29 is 4.74 Å². The van der Waals surface area contributed by atoms with Crippen molar-refractivity contribution in [2.24, 2.45) is 11.7 Å².